The SMILES string of the molecule is COC1=C(C(=O)OC(c2ccccc2)c2ccccc2)N2C(=O)C(NC(=O)COc3ccccc3)[C@H]2S(=O)C1. The van der Waals surface area contributed by atoms with E-state index >= 15 is 0 Å². The van der Waals surface area contributed by atoms with Gasteiger partial charge < -0.3 is 19.5 Å². The zero-order valence-electron chi connectivity index (χ0n) is 21.0. The van der Waals surface area contributed by atoms with E-state index in [1.54, 1.807) is 24.3 Å². The van der Waals surface area contributed by atoms with Gasteiger partial charge in [-0.05, 0) is 23.3 Å². The van der Waals surface area contributed by atoms with Gasteiger partial charge in [0.25, 0.3) is 11.8 Å². The Morgan fingerprint density at radius 1 is 0.949 bits per heavy atom. The molecular weight excluding hydrogens is 520 g/mol. The fourth-order valence-electron chi connectivity index (χ4n) is 4.52. The molecule has 10 heteroatoms. The number of benzene rings is 3. The van der Waals surface area contributed by atoms with E-state index in [4.69, 9.17) is 14.2 Å². The van der Waals surface area contributed by atoms with Crippen LogP contribution in [-0.2, 0) is 34.7 Å². The molecule has 2 aliphatic heterocycles. The number of rotatable bonds is 9. The van der Waals surface area contributed by atoms with Gasteiger partial charge in [-0.1, -0.05) is 78.9 Å². The number of hydrogen-bond acceptors (Lipinski definition) is 7. The van der Waals surface area contributed by atoms with Crippen LogP contribution in [0.2, 0.25) is 0 Å². The Balaban J connectivity index is 1.34. The fraction of sp³-hybridized carbons (Fsp3) is 0.207. The Kier molecular flexibility index (Phi) is 7.74. The number of carbonyl (C=O) groups is 3. The third-order valence-electron chi connectivity index (χ3n) is 6.39. The zero-order valence-corrected chi connectivity index (χ0v) is 21.8. The number of esters is 1. The maximum Gasteiger partial charge on any atom is 0.359 e. The number of carbonyl (C=O) groups excluding carboxylic acids is 3. The van der Waals surface area contributed by atoms with Crippen LogP contribution in [0.3, 0.4) is 0 Å². The smallest absolute Gasteiger partial charge is 0.359 e. The monoisotopic (exact) mass is 546 g/mol. The number of para-hydroxylation sites is 1. The summed E-state index contributed by atoms with van der Waals surface area (Å²) in [7, 11) is -0.285. The molecule has 1 saturated heterocycles. The second kappa shape index (κ2) is 11.5. The first kappa shape index (κ1) is 26.2. The predicted molar refractivity (Wildman–Crippen MR) is 142 cm³/mol. The van der Waals surface area contributed by atoms with Gasteiger partial charge >= 0.3 is 5.97 Å². The summed E-state index contributed by atoms with van der Waals surface area (Å²) >= 11 is 0. The van der Waals surface area contributed by atoms with Crippen molar-refractivity contribution in [3.8, 4) is 5.75 Å². The van der Waals surface area contributed by atoms with E-state index in [1.165, 1.54) is 7.11 Å². The van der Waals surface area contributed by atoms with Gasteiger partial charge in [0.2, 0.25) is 0 Å². The van der Waals surface area contributed by atoms with Crippen LogP contribution in [0, 0.1) is 0 Å². The molecule has 2 amide bonds. The van der Waals surface area contributed by atoms with Crippen molar-refractivity contribution in [1.29, 1.82) is 0 Å². The van der Waals surface area contributed by atoms with Crippen LogP contribution in [0.4, 0.5) is 0 Å². The molecule has 0 bridgehead atoms. The Morgan fingerprint density at radius 3 is 2.08 bits per heavy atom. The molecule has 0 aliphatic carbocycles. The number of nitrogens with one attached hydrogen (secondary N) is 1. The maximum atomic E-state index is 13.6. The Hall–Kier alpha value is -4.44. The van der Waals surface area contributed by atoms with Crippen LogP contribution in [0.25, 0.3) is 0 Å². The van der Waals surface area contributed by atoms with Gasteiger partial charge in [-0.25, -0.2) is 4.79 Å². The number of hydrogen-bond donors (Lipinski definition) is 1. The van der Waals surface area contributed by atoms with E-state index in [0.717, 1.165) is 16.0 Å². The van der Waals surface area contributed by atoms with Crippen molar-refractivity contribution in [2.24, 2.45) is 0 Å². The van der Waals surface area contributed by atoms with Gasteiger partial charge in [-0.2, -0.15) is 0 Å². The average molecular weight is 547 g/mol. The molecule has 0 saturated carbocycles. The molecular formula is C29H26N2O7S. The summed E-state index contributed by atoms with van der Waals surface area (Å²) in [6.45, 7) is -0.322. The molecule has 1 N–H and O–H groups in total. The molecule has 5 rings (SSSR count). The van der Waals surface area contributed by atoms with Crippen LogP contribution < -0.4 is 10.1 Å². The molecule has 1 fully saturated rings. The van der Waals surface area contributed by atoms with E-state index in [9.17, 15) is 18.6 Å². The lowest BCUT2D eigenvalue weighted by atomic mass is 10.0. The van der Waals surface area contributed by atoms with Crippen molar-refractivity contribution in [2.45, 2.75) is 17.5 Å². The van der Waals surface area contributed by atoms with Crippen LogP contribution in [0.5, 0.6) is 5.75 Å². The largest absolute Gasteiger partial charge is 0.498 e. The van der Waals surface area contributed by atoms with E-state index in [0.29, 0.717) is 5.75 Å². The van der Waals surface area contributed by atoms with Gasteiger partial charge in [0, 0.05) is 0 Å². The summed E-state index contributed by atoms with van der Waals surface area (Å²) < 4.78 is 29.8. The number of nitrogens with zero attached hydrogens (tertiary/aromatic N) is 1. The number of amides is 2. The van der Waals surface area contributed by atoms with Crippen molar-refractivity contribution < 1.29 is 32.8 Å². The third kappa shape index (κ3) is 5.42. The first-order valence-electron chi connectivity index (χ1n) is 12.2. The second-order valence-corrected chi connectivity index (χ2v) is 10.4. The van der Waals surface area contributed by atoms with E-state index in [2.05, 4.69) is 5.32 Å². The second-order valence-electron chi connectivity index (χ2n) is 8.85. The van der Waals surface area contributed by atoms with Crippen molar-refractivity contribution in [2.75, 3.05) is 19.5 Å². The highest BCUT2D eigenvalue weighted by Crippen LogP contribution is 2.37. The molecule has 0 spiro atoms. The Morgan fingerprint density at radius 2 is 1.51 bits per heavy atom. The quantitative estimate of drug-likeness (QED) is 0.325. The number of ether oxygens (including phenoxy) is 3. The van der Waals surface area contributed by atoms with Crippen molar-refractivity contribution in [3.05, 3.63) is 114 Å². The van der Waals surface area contributed by atoms with Crippen molar-refractivity contribution in [1.82, 2.24) is 10.2 Å². The van der Waals surface area contributed by atoms with E-state index in [1.807, 2.05) is 66.7 Å². The van der Waals surface area contributed by atoms with Gasteiger partial charge in [0.05, 0.1) is 23.7 Å². The number of methoxy groups -OCH3 is 1. The van der Waals surface area contributed by atoms with Gasteiger partial charge in [-0.15, -0.1) is 0 Å². The lowest BCUT2D eigenvalue weighted by molar-refractivity contribution is -0.155. The molecule has 200 valence electrons. The highest BCUT2D eigenvalue weighted by atomic mass is 32.2. The summed E-state index contributed by atoms with van der Waals surface area (Å²) in [6.07, 6.45) is -0.751. The minimum Gasteiger partial charge on any atom is -0.498 e. The normalized spacial score (nSPS) is 20.1. The van der Waals surface area contributed by atoms with E-state index < -0.39 is 46.1 Å². The minimum absolute atomic E-state index is 0.0833. The Bertz CT molecular complexity index is 1370. The summed E-state index contributed by atoms with van der Waals surface area (Å²) in [4.78, 5) is 40.4. The lowest BCUT2D eigenvalue weighted by Gasteiger charge is -2.48. The summed E-state index contributed by atoms with van der Waals surface area (Å²) in [5.74, 6) is -1.45. The maximum absolute atomic E-state index is 13.6. The molecule has 9 nitrogen and oxygen atoms in total. The van der Waals surface area contributed by atoms with Crippen molar-refractivity contribution in [3.63, 3.8) is 0 Å². The topological polar surface area (TPSA) is 111 Å². The fourth-order valence-corrected chi connectivity index (χ4v) is 6.13. The lowest BCUT2D eigenvalue weighted by Crippen LogP contribution is -2.74. The van der Waals surface area contributed by atoms with E-state index in [-0.39, 0.29) is 23.8 Å². The molecule has 2 heterocycles. The third-order valence-corrected chi connectivity index (χ3v) is 7.96. The van der Waals surface area contributed by atoms with Gasteiger partial charge in [0.15, 0.2) is 18.4 Å². The number of fused-ring (bicyclic) bond motifs is 1. The average Bonchev–Trinajstić information content (AvgIpc) is 2.98. The highest BCUT2D eigenvalue weighted by Gasteiger charge is 2.58. The van der Waals surface area contributed by atoms with Crippen LogP contribution in [-0.4, -0.2) is 57.8 Å². The highest BCUT2D eigenvalue weighted by molar-refractivity contribution is 7.86. The molecule has 39 heavy (non-hydrogen) atoms. The molecule has 2 aliphatic rings. The zero-order chi connectivity index (χ0) is 27.4. The summed E-state index contributed by atoms with van der Waals surface area (Å²) in [5.41, 5.74) is 1.37. The number of β-lactam (4-membered cyclic amide) rings is 1. The first-order chi connectivity index (χ1) is 19.0. The minimum atomic E-state index is -1.63. The van der Waals surface area contributed by atoms with Crippen LogP contribution >= 0.6 is 0 Å². The first-order valence-corrected chi connectivity index (χ1v) is 13.6. The molecule has 2 unspecified atom stereocenters. The Labute approximate surface area is 227 Å². The molecule has 0 aromatic heterocycles. The molecule has 3 atom stereocenters. The van der Waals surface area contributed by atoms with Gasteiger partial charge in [0.1, 0.15) is 22.9 Å². The predicted octanol–water partition coefficient (Wildman–Crippen LogP) is 2.67. The summed E-state index contributed by atoms with van der Waals surface area (Å²) in [5, 5.41) is 1.65. The molecule has 0 radical (unpaired) electrons. The van der Waals surface area contributed by atoms with Crippen LogP contribution in [0.15, 0.2) is 102 Å². The molecule has 3 aromatic carbocycles. The van der Waals surface area contributed by atoms with Gasteiger partial charge in [-0.3, -0.25) is 18.7 Å². The van der Waals surface area contributed by atoms with Crippen LogP contribution in [0.1, 0.15) is 17.2 Å². The molecule has 3 aromatic rings. The summed E-state index contributed by atoms with van der Waals surface area (Å²) in [6, 6.07) is 26.1. The standard InChI is InChI=1S/C29H26N2O7S/c1-36-22-18-39(35)28-24(30-23(32)17-37-21-15-9-4-10-16-21)27(33)31(28)25(22)29(34)38-26(19-11-5-2-6-12-19)20-13-7-3-8-14-20/h2-16,24,26,28H,17-18H2,1H3,(H,30,32)/t24?,28-,39?/m1/s1. The van der Waals surface area contributed by atoms with Crippen molar-refractivity contribution >= 4 is 28.6 Å².